The Kier molecular flexibility index (Phi) is 2.47. The van der Waals surface area contributed by atoms with Crippen molar-refractivity contribution in [2.75, 3.05) is 0 Å². The molecular weight excluding hydrogens is 264 g/mol. The van der Waals surface area contributed by atoms with Gasteiger partial charge in [0.05, 0.1) is 0 Å². The Morgan fingerprint density at radius 1 is 0.636 bits per heavy atom. The molecule has 1 aromatic carbocycles. The average Bonchev–Trinajstić information content (AvgIpc) is 2.55. The maximum atomic E-state index is 6.00. The third kappa shape index (κ3) is 1.58. The van der Waals surface area contributed by atoms with Crippen molar-refractivity contribution in [3.63, 3.8) is 0 Å². The number of hydrogen-bond donors (Lipinski definition) is 0. The molecule has 108 valence electrons. The van der Waals surface area contributed by atoms with Crippen LogP contribution in [-0.4, -0.2) is 0 Å². The second-order valence-corrected chi connectivity index (χ2v) is 7.98. The second kappa shape index (κ2) is 4.00. The molecule has 0 radical (unpaired) electrons. The van der Waals surface area contributed by atoms with Gasteiger partial charge in [-0.05, 0) is 49.5 Å². The monoisotopic (exact) mass is 284 g/mol. The average molecular weight is 284 g/mol. The van der Waals surface area contributed by atoms with Crippen LogP contribution in [-0.2, 0) is 5.41 Å². The molecule has 4 saturated carbocycles. The van der Waals surface area contributed by atoms with E-state index in [4.69, 9.17) is 19.3 Å². The van der Waals surface area contributed by atoms with Gasteiger partial charge in [0.2, 0.25) is 0 Å². The Balaban J connectivity index is 1.94. The van der Waals surface area contributed by atoms with Gasteiger partial charge < -0.3 is 0 Å². The van der Waals surface area contributed by atoms with Crippen LogP contribution in [0.15, 0.2) is 30.3 Å². The number of rotatable bonds is 1. The summed E-state index contributed by atoms with van der Waals surface area (Å²) < 4.78 is 0. The van der Waals surface area contributed by atoms with Crippen molar-refractivity contribution >= 4 is 0 Å². The van der Waals surface area contributed by atoms with E-state index in [1.54, 1.807) is 0 Å². The van der Waals surface area contributed by atoms with E-state index in [9.17, 15) is 0 Å². The molecule has 0 heterocycles. The highest BCUT2D eigenvalue weighted by Crippen LogP contribution is 2.73. The van der Waals surface area contributed by atoms with Crippen molar-refractivity contribution in [3.8, 4) is 37.0 Å². The van der Waals surface area contributed by atoms with E-state index in [1.807, 2.05) is 0 Å². The first-order valence-electron chi connectivity index (χ1n) is 8.02. The minimum atomic E-state index is -0.122. The van der Waals surface area contributed by atoms with E-state index in [2.05, 4.69) is 48.1 Å². The molecule has 0 nitrogen and oxygen atoms in total. The van der Waals surface area contributed by atoms with Crippen LogP contribution in [0.4, 0.5) is 0 Å². The van der Waals surface area contributed by atoms with Crippen molar-refractivity contribution < 1.29 is 0 Å². The minimum absolute atomic E-state index is 0.0567. The highest BCUT2D eigenvalue weighted by atomic mass is 14.7. The van der Waals surface area contributed by atoms with Crippen molar-refractivity contribution in [3.05, 3.63) is 35.9 Å². The SMILES string of the molecule is C#CC12CC3(C#C)CC(C#C)(C1)CC(c1ccccc1)(C2)C3. The van der Waals surface area contributed by atoms with E-state index in [1.165, 1.54) is 5.56 Å². The molecule has 0 heteroatoms. The smallest absolute Gasteiger partial charge is 0.0349 e. The summed E-state index contributed by atoms with van der Waals surface area (Å²) in [4.78, 5) is 0. The Morgan fingerprint density at radius 3 is 1.41 bits per heavy atom. The van der Waals surface area contributed by atoms with Gasteiger partial charge in [-0.3, -0.25) is 0 Å². The predicted molar refractivity (Wildman–Crippen MR) is 89.6 cm³/mol. The number of benzene rings is 1. The molecular formula is C22H20. The fourth-order valence-electron chi connectivity index (χ4n) is 6.19. The third-order valence-corrected chi connectivity index (χ3v) is 6.37. The lowest BCUT2D eigenvalue weighted by Crippen LogP contribution is -2.61. The summed E-state index contributed by atoms with van der Waals surface area (Å²) in [6, 6.07) is 10.7. The predicted octanol–water partition coefficient (Wildman–Crippen LogP) is 4.16. The molecule has 1 aromatic rings. The minimum Gasteiger partial charge on any atom is -0.120 e. The molecule has 0 N–H and O–H groups in total. The lowest BCUT2D eigenvalue weighted by atomic mass is 9.35. The maximum absolute atomic E-state index is 6.00. The van der Waals surface area contributed by atoms with Gasteiger partial charge in [-0.25, -0.2) is 0 Å². The Bertz CT molecular complexity index is 664. The zero-order chi connectivity index (χ0) is 15.5. The topological polar surface area (TPSA) is 0 Å². The van der Waals surface area contributed by atoms with Gasteiger partial charge in [-0.2, -0.15) is 0 Å². The third-order valence-electron chi connectivity index (χ3n) is 6.37. The first-order valence-corrected chi connectivity index (χ1v) is 8.02. The van der Waals surface area contributed by atoms with Crippen molar-refractivity contribution in [1.82, 2.24) is 0 Å². The van der Waals surface area contributed by atoms with Crippen molar-refractivity contribution in [2.24, 2.45) is 16.2 Å². The van der Waals surface area contributed by atoms with Crippen LogP contribution in [0.25, 0.3) is 0 Å². The highest BCUT2D eigenvalue weighted by Gasteiger charge is 2.67. The largest absolute Gasteiger partial charge is 0.120 e. The van der Waals surface area contributed by atoms with E-state index in [-0.39, 0.29) is 21.7 Å². The van der Waals surface area contributed by atoms with Gasteiger partial charge >= 0.3 is 0 Å². The standard InChI is InChI=1S/C22H20/c1-4-19-12-20(5-2)14-21(6-3,13-19)17-22(15-19,16-20)18-10-8-7-9-11-18/h1-3,7-11H,12-17H2. The zero-order valence-electron chi connectivity index (χ0n) is 12.9. The van der Waals surface area contributed by atoms with Crippen molar-refractivity contribution in [1.29, 1.82) is 0 Å². The Labute approximate surface area is 133 Å². The number of hydrogen-bond acceptors (Lipinski definition) is 0. The van der Waals surface area contributed by atoms with Crippen LogP contribution in [0, 0.1) is 53.3 Å². The summed E-state index contributed by atoms with van der Waals surface area (Å²) in [6.07, 6.45) is 24.0. The lowest BCUT2D eigenvalue weighted by Gasteiger charge is -2.67. The van der Waals surface area contributed by atoms with Crippen LogP contribution >= 0.6 is 0 Å². The molecule has 4 aliphatic carbocycles. The molecule has 0 aromatic heterocycles. The summed E-state index contributed by atoms with van der Waals surface area (Å²) in [7, 11) is 0. The van der Waals surface area contributed by atoms with Crippen LogP contribution in [0.1, 0.15) is 44.1 Å². The molecule has 0 amide bonds. The van der Waals surface area contributed by atoms with Gasteiger partial charge in [-0.1, -0.05) is 48.1 Å². The zero-order valence-corrected chi connectivity index (χ0v) is 12.9. The van der Waals surface area contributed by atoms with Crippen LogP contribution in [0.3, 0.4) is 0 Å². The van der Waals surface area contributed by atoms with Crippen LogP contribution in [0.5, 0.6) is 0 Å². The summed E-state index contributed by atoms with van der Waals surface area (Å²) in [6.45, 7) is 0. The first kappa shape index (κ1) is 13.6. The van der Waals surface area contributed by atoms with Crippen LogP contribution in [0.2, 0.25) is 0 Å². The summed E-state index contributed by atoms with van der Waals surface area (Å²) in [5, 5.41) is 0. The van der Waals surface area contributed by atoms with Gasteiger partial charge in [0.15, 0.2) is 0 Å². The van der Waals surface area contributed by atoms with Gasteiger partial charge in [0.1, 0.15) is 0 Å². The van der Waals surface area contributed by atoms with Gasteiger partial charge in [0.25, 0.3) is 0 Å². The molecule has 0 saturated heterocycles. The fraction of sp³-hybridized carbons (Fsp3) is 0.455. The van der Waals surface area contributed by atoms with Gasteiger partial charge in [-0.15, -0.1) is 19.3 Å². The highest BCUT2D eigenvalue weighted by molar-refractivity contribution is 5.41. The lowest BCUT2D eigenvalue weighted by molar-refractivity contribution is -0.102. The first-order chi connectivity index (χ1) is 10.5. The summed E-state index contributed by atoms with van der Waals surface area (Å²) in [5.41, 5.74) is 1.06. The maximum Gasteiger partial charge on any atom is 0.0349 e. The van der Waals surface area contributed by atoms with Crippen LogP contribution < -0.4 is 0 Å². The Hall–Kier alpha value is -2.10. The van der Waals surface area contributed by atoms with E-state index in [0.717, 1.165) is 38.5 Å². The number of terminal acetylenes is 3. The molecule has 0 unspecified atom stereocenters. The molecule has 0 atom stereocenters. The van der Waals surface area contributed by atoms with E-state index < -0.39 is 0 Å². The van der Waals surface area contributed by atoms with Crippen molar-refractivity contribution in [2.45, 2.75) is 43.9 Å². The fourth-order valence-corrected chi connectivity index (χ4v) is 6.19. The molecule has 0 aliphatic heterocycles. The summed E-state index contributed by atoms with van der Waals surface area (Å²) in [5.74, 6) is 9.39. The quantitative estimate of drug-likeness (QED) is 0.679. The molecule has 4 bridgehead atoms. The molecule has 5 rings (SSSR count). The molecule has 0 spiro atoms. The summed E-state index contributed by atoms with van der Waals surface area (Å²) >= 11 is 0. The van der Waals surface area contributed by atoms with Gasteiger partial charge in [0, 0.05) is 16.2 Å². The molecule has 4 aliphatic rings. The Morgan fingerprint density at radius 2 is 1.05 bits per heavy atom. The van der Waals surface area contributed by atoms with E-state index in [0.29, 0.717) is 0 Å². The molecule has 4 fully saturated rings. The molecule has 22 heavy (non-hydrogen) atoms. The van der Waals surface area contributed by atoms with E-state index >= 15 is 0 Å². The second-order valence-electron chi connectivity index (χ2n) is 7.98. The normalized spacial score (nSPS) is 44.8.